The number of ketones is 1. The van der Waals surface area contributed by atoms with Crippen LogP contribution in [0.5, 0.6) is 0 Å². The van der Waals surface area contributed by atoms with Crippen molar-refractivity contribution in [3.63, 3.8) is 0 Å². The highest BCUT2D eigenvalue weighted by atomic mass is 32.2. The average Bonchev–Trinajstić information content (AvgIpc) is 2.75. The quantitative estimate of drug-likeness (QED) is 0.529. The molecule has 0 aliphatic carbocycles. The second kappa shape index (κ2) is 11.0. The Morgan fingerprint density at radius 3 is 2.27 bits per heavy atom. The lowest BCUT2D eigenvalue weighted by Gasteiger charge is -2.31. The smallest absolute Gasteiger partial charge is 0.244 e. The summed E-state index contributed by atoms with van der Waals surface area (Å²) in [7, 11) is -3.90. The normalized spacial score (nSPS) is 12.0. The van der Waals surface area contributed by atoms with Gasteiger partial charge in [0.1, 0.15) is 18.4 Å². The molecule has 0 aliphatic rings. The lowest BCUT2D eigenvalue weighted by Crippen LogP contribution is -2.51. The Hall–Kier alpha value is -3.27. The SMILES string of the molecule is CCNC(=O)[C@@H](C)N(Cc1ccc(F)cc1)C(=O)CN(c1cccc(C(C)=O)c1)S(C)(=O)=O. The number of hydrogen-bond acceptors (Lipinski definition) is 5. The van der Waals surface area contributed by atoms with Gasteiger partial charge in [0.25, 0.3) is 0 Å². The number of hydrogen-bond donors (Lipinski definition) is 1. The Kier molecular flexibility index (Phi) is 8.69. The first-order valence-electron chi connectivity index (χ1n) is 10.3. The highest BCUT2D eigenvalue weighted by molar-refractivity contribution is 7.92. The van der Waals surface area contributed by atoms with E-state index in [-0.39, 0.29) is 18.0 Å². The molecule has 0 bridgehead atoms. The van der Waals surface area contributed by atoms with E-state index < -0.39 is 40.2 Å². The number of nitrogens with one attached hydrogen (secondary N) is 1. The predicted octanol–water partition coefficient (Wildman–Crippen LogP) is 2.35. The van der Waals surface area contributed by atoms with E-state index in [2.05, 4.69) is 5.32 Å². The van der Waals surface area contributed by atoms with Crippen molar-refractivity contribution >= 4 is 33.3 Å². The molecule has 2 amide bonds. The fraction of sp³-hybridized carbons (Fsp3) is 0.348. The van der Waals surface area contributed by atoms with E-state index in [0.29, 0.717) is 17.7 Å². The maximum Gasteiger partial charge on any atom is 0.244 e. The Balaban J connectivity index is 2.41. The van der Waals surface area contributed by atoms with Crippen LogP contribution >= 0.6 is 0 Å². The molecule has 33 heavy (non-hydrogen) atoms. The summed E-state index contributed by atoms with van der Waals surface area (Å²) < 4.78 is 39.2. The predicted molar refractivity (Wildman–Crippen MR) is 124 cm³/mol. The van der Waals surface area contributed by atoms with Crippen molar-refractivity contribution in [2.24, 2.45) is 0 Å². The third-order valence-electron chi connectivity index (χ3n) is 5.00. The standard InChI is InChI=1S/C23H28FN3O5S/c1-5-25-23(30)16(2)26(14-18-9-11-20(24)12-10-18)22(29)15-27(33(4,31)32)21-8-6-7-19(13-21)17(3)28/h6-13,16H,5,14-15H2,1-4H3,(H,25,30)/t16-/m1/s1. The van der Waals surface area contributed by atoms with Crippen LogP contribution in [0.1, 0.15) is 36.7 Å². The Morgan fingerprint density at radius 1 is 1.09 bits per heavy atom. The van der Waals surface area contributed by atoms with Crippen molar-refractivity contribution in [2.45, 2.75) is 33.4 Å². The number of benzene rings is 2. The number of halogens is 1. The maximum absolute atomic E-state index is 13.3. The lowest BCUT2D eigenvalue weighted by atomic mass is 10.1. The molecule has 0 saturated heterocycles. The highest BCUT2D eigenvalue weighted by Gasteiger charge is 2.30. The molecule has 2 rings (SSSR count). The minimum absolute atomic E-state index is 0.0253. The highest BCUT2D eigenvalue weighted by Crippen LogP contribution is 2.21. The molecular weight excluding hydrogens is 449 g/mol. The van der Waals surface area contributed by atoms with E-state index in [1.807, 2.05) is 0 Å². The lowest BCUT2D eigenvalue weighted by molar-refractivity contribution is -0.139. The minimum Gasteiger partial charge on any atom is -0.355 e. The molecule has 10 heteroatoms. The summed E-state index contributed by atoms with van der Waals surface area (Å²) >= 11 is 0. The number of anilines is 1. The van der Waals surface area contributed by atoms with Gasteiger partial charge in [-0.05, 0) is 50.6 Å². The molecule has 8 nitrogen and oxygen atoms in total. The molecule has 0 unspecified atom stereocenters. The number of carbonyl (C=O) groups excluding carboxylic acids is 3. The molecule has 0 fully saturated rings. The molecule has 2 aromatic carbocycles. The molecular formula is C23H28FN3O5S. The van der Waals surface area contributed by atoms with Crippen LogP contribution in [0.3, 0.4) is 0 Å². The molecule has 2 aromatic rings. The van der Waals surface area contributed by atoms with Gasteiger partial charge >= 0.3 is 0 Å². The fourth-order valence-corrected chi connectivity index (χ4v) is 4.03. The Bertz CT molecular complexity index is 1120. The number of carbonyl (C=O) groups is 3. The summed E-state index contributed by atoms with van der Waals surface area (Å²) in [5.74, 6) is -1.73. The van der Waals surface area contributed by atoms with Crippen LogP contribution in [0.4, 0.5) is 10.1 Å². The van der Waals surface area contributed by atoms with Gasteiger partial charge < -0.3 is 10.2 Å². The van der Waals surface area contributed by atoms with Crippen molar-refractivity contribution < 1.29 is 27.2 Å². The monoisotopic (exact) mass is 477 g/mol. The molecule has 0 radical (unpaired) electrons. The topological polar surface area (TPSA) is 104 Å². The van der Waals surface area contributed by atoms with Gasteiger partial charge in [-0.3, -0.25) is 18.7 Å². The first kappa shape index (κ1) is 26.0. The summed E-state index contributed by atoms with van der Waals surface area (Å²) in [6.45, 7) is 4.38. The summed E-state index contributed by atoms with van der Waals surface area (Å²) in [4.78, 5) is 38.8. The molecule has 1 N–H and O–H groups in total. The van der Waals surface area contributed by atoms with Crippen molar-refractivity contribution in [3.05, 3.63) is 65.5 Å². The molecule has 1 atom stereocenters. The fourth-order valence-electron chi connectivity index (χ4n) is 3.18. The molecule has 0 spiro atoms. The first-order valence-corrected chi connectivity index (χ1v) is 12.2. The van der Waals surface area contributed by atoms with Gasteiger partial charge in [0.2, 0.25) is 21.8 Å². The van der Waals surface area contributed by atoms with Gasteiger partial charge in [-0.15, -0.1) is 0 Å². The number of amides is 2. The van der Waals surface area contributed by atoms with E-state index in [4.69, 9.17) is 0 Å². The van der Waals surface area contributed by atoms with Crippen molar-refractivity contribution in [1.82, 2.24) is 10.2 Å². The molecule has 0 aromatic heterocycles. The molecule has 0 aliphatic heterocycles. The average molecular weight is 478 g/mol. The van der Waals surface area contributed by atoms with E-state index >= 15 is 0 Å². The zero-order chi connectivity index (χ0) is 24.8. The zero-order valence-corrected chi connectivity index (χ0v) is 19.9. The van der Waals surface area contributed by atoms with Gasteiger partial charge in [-0.25, -0.2) is 12.8 Å². The van der Waals surface area contributed by atoms with Gasteiger partial charge in [0.15, 0.2) is 5.78 Å². The van der Waals surface area contributed by atoms with Crippen LogP contribution in [0, 0.1) is 5.82 Å². The Morgan fingerprint density at radius 2 is 1.73 bits per heavy atom. The molecule has 0 heterocycles. The number of nitrogens with zero attached hydrogens (tertiary/aromatic N) is 2. The molecule has 0 saturated carbocycles. The van der Waals surface area contributed by atoms with Crippen LogP contribution in [0.15, 0.2) is 48.5 Å². The Labute approximate surface area is 193 Å². The van der Waals surface area contributed by atoms with E-state index in [9.17, 15) is 27.2 Å². The van der Waals surface area contributed by atoms with E-state index in [0.717, 1.165) is 10.6 Å². The third kappa shape index (κ3) is 7.11. The largest absolute Gasteiger partial charge is 0.355 e. The second-order valence-corrected chi connectivity index (χ2v) is 9.50. The van der Waals surface area contributed by atoms with Crippen molar-refractivity contribution in [3.8, 4) is 0 Å². The molecule has 178 valence electrons. The number of rotatable bonds is 10. The first-order chi connectivity index (χ1) is 15.4. The maximum atomic E-state index is 13.3. The summed E-state index contributed by atoms with van der Waals surface area (Å²) in [5.41, 5.74) is 1.03. The van der Waals surface area contributed by atoms with Crippen molar-refractivity contribution in [1.29, 1.82) is 0 Å². The third-order valence-corrected chi connectivity index (χ3v) is 6.14. The summed E-state index contributed by atoms with van der Waals surface area (Å²) in [6.07, 6.45) is 0.957. The van der Waals surface area contributed by atoms with Gasteiger partial charge in [-0.1, -0.05) is 24.3 Å². The second-order valence-electron chi connectivity index (χ2n) is 7.59. The van der Waals surface area contributed by atoms with Crippen LogP contribution in [0.2, 0.25) is 0 Å². The summed E-state index contributed by atoms with van der Waals surface area (Å²) in [5, 5.41) is 2.65. The minimum atomic E-state index is -3.90. The summed E-state index contributed by atoms with van der Waals surface area (Å²) in [6, 6.07) is 10.5. The van der Waals surface area contributed by atoms with E-state index in [1.165, 1.54) is 61.2 Å². The van der Waals surface area contributed by atoms with Crippen LogP contribution in [-0.4, -0.2) is 56.3 Å². The van der Waals surface area contributed by atoms with Gasteiger partial charge in [0, 0.05) is 18.7 Å². The van der Waals surface area contributed by atoms with Crippen LogP contribution in [-0.2, 0) is 26.2 Å². The number of sulfonamides is 1. The number of Topliss-reactive ketones (excluding diaryl/α,β-unsaturated/α-hetero) is 1. The van der Waals surface area contributed by atoms with Gasteiger partial charge in [-0.2, -0.15) is 0 Å². The van der Waals surface area contributed by atoms with E-state index in [1.54, 1.807) is 13.0 Å². The van der Waals surface area contributed by atoms with Gasteiger partial charge in [0.05, 0.1) is 11.9 Å². The van der Waals surface area contributed by atoms with Crippen LogP contribution in [0.25, 0.3) is 0 Å². The van der Waals surface area contributed by atoms with Crippen molar-refractivity contribution in [2.75, 3.05) is 23.7 Å². The number of likely N-dealkylation sites (N-methyl/N-ethyl adjacent to an activating group) is 1. The van der Waals surface area contributed by atoms with Crippen LogP contribution < -0.4 is 9.62 Å². The zero-order valence-electron chi connectivity index (χ0n) is 19.0.